The average molecular weight is 564 g/mol. The quantitative estimate of drug-likeness (QED) is 0.345. The monoisotopic (exact) mass is 563 g/mol. The van der Waals surface area contributed by atoms with Crippen LogP contribution in [0.1, 0.15) is 21.5 Å². The molecule has 212 valence electrons. The van der Waals surface area contributed by atoms with E-state index in [1.54, 1.807) is 36.2 Å². The number of pyridine rings is 1. The molecule has 0 radical (unpaired) electrons. The lowest BCUT2D eigenvalue weighted by Gasteiger charge is -2.26. The molecule has 4 heterocycles. The third-order valence-electron chi connectivity index (χ3n) is 7.39. The standard InChI is InChI=1S/C31H29N7O4/c1-19-7-9-23-24(15-19)33-18-38(30(23)40)27-6-4-5-22(20(27)2)25-16-26(31(41)36(3)35-25)34-28-10-8-21(17-32-28)29(39)37-11-13-42-14-12-37/h4-10,15-18H,11-14H2,1-3H3,(H,32,34). The maximum absolute atomic E-state index is 13.4. The van der Waals surface area contributed by atoms with Gasteiger partial charge in [-0.05, 0) is 61.4 Å². The summed E-state index contributed by atoms with van der Waals surface area (Å²) < 4.78 is 8.11. The number of nitrogens with zero attached hydrogens (tertiary/aromatic N) is 6. The number of ether oxygens (including phenoxy) is 1. The summed E-state index contributed by atoms with van der Waals surface area (Å²) in [5, 5.41) is 8.10. The van der Waals surface area contributed by atoms with Crippen LogP contribution in [0.2, 0.25) is 0 Å². The fourth-order valence-electron chi connectivity index (χ4n) is 5.08. The number of nitrogens with one attached hydrogen (secondary N) is 1. The van der Waals surface area contributed by atoms with Gasteiger partial charge in [-0.15, -0.1) is 0 Å². The maximum Gasteiger partial charge on any atom is 0.290 e. The molecule has 0 bridgehead atoms. The van der Waals surface area contributed by atoms with Crippen LogP contribution in [0.5, 0.6) is 0 Å². The smallest absolute Gasteiger partial charge is 0.290 e. The molecule has 0 aliphatic carbocycles. The largest absolute Gasteiger partial charge is 0.378 e. The Bertz CT molecular complexity index is 1940. The Morgan fingerprint density at radius 3 is 2.52 bits per heavy atom. The molecule has 6 rings (SSSR count). The third kappa shape index (κ3) is 5.06. The molecule has 0 atom stereocenters. The van der Waals surface area contributed by atoms with E-state index in [4.69, 9.17) is 4.74 Å². The summed E-state index contributed by atoms with van der Waals surface area (Å²) in [4.78, 5) is 49.7. The molecule has 1 fully saturated rings. The molecular weight excluding hydrogens is 534 g/mol. The van der Waals surface area contributed by atoms with E-state index in [2.05, 4.69) is 20.4 Å². The van der Waals surface area contributed by atoms with Crippen molar-refractivity contribution in [3.63, 3.8) is 0 Å². The number of rotatable bonds is 5. The minimum atomic E-state index is -0.340. The highest BCUT2D eigenvalue weighted by Crippen LogP contribution is 2.27. The Kier molecular flexibility index (Phi) is 7.09. The summed E-state index contributed by atoms with van der Waals surface area (Å²) >= 11 is 0. The first kappa shape index (κ1) is 27.0. The molecule has 3 aromatic heterocycles. The second-order valence-electron chi connectivity index (χ2n) is 10.2. The molecule has 0 saturated carbocycles. The van der Waals surface area contributed by atoms with Crippen LogP contribution in [-0.2, 0) is 11.8 Å². The zero-order valence-electron chi connectivity index (χ0n) is 23.5. The topological polar surface area (TPSA) is 124 Å². The summed E-state index contributed by atoms with van der Waals surface area (Å²) in [6.45, 7) is 5.99. The first-order valence-corrected chi connectivity index (χ1v) is 13.6. The summed E-state index contributed by atoms with van der Waals surface area (Å²) in [5.41, 5.74) is 4.66. The van der Waals surface area contributed by atoms with Crippen LogP contribution < -0.4 is 16.4 Å². The van der Waals surface area contributed by atoms with Gasteiger partial charge < -0.3 is 15.0 Å². The van der Waals surface area contributed by atoms with Gasteiger partial charge in [-0.25, -0.2) is 14.6 Å². The van der Waals surface area contributed by atoms with Crippen molar-refractivity contribution in [1.29, 1.82) is 0 Å². The van der Waals surface area contributed by atoms with Crippen LogP contribution in [0, 0.1) is 13.8 Å². The van der Waals surface area contributed by atoms with Crippen molar-refractivity contribution < 1.29 is 9.53 Å². The van der Waals surface area contributed by atoms with Crippen LogP contribution in [0.25, 0.3) is 27.8 Å². The predicted molar refractivity (Wildman–Crippen MR) is 160 cm³/mol. The number of carbonyl (C=O) groups excluding carboxylic acids is 1. The maximum atomic E-state index is 13.4. The molecule has 0 unspecified atom stereocenters. The lowest BCUT2D eigenvalue weighted by atomic mass is 10.0. The number of benzene rings is 2. The highest BCUT2D eigenvalue weighted by molar-refractivity contribution is 5.94. The van der Waals surface area contributed by atoms with Crippen molar-refractivity contribution in [2.75, 3.05) is 31.6 Å². The Morgan fingerprint density at radius 2 is 1.76 bits per heavy atom. The fourth-order valence-corrected chi connectivity index (χ4v) is 5.08. The molecule has 11 nitrogen and oxygen atoms in total. The average Bonchev–Trinajstić information content (AvgIpc) is 3.00. The fraction of sp³-hybridized carbons (Fsp3) is 0.226. The van der Waals surface area contributed by atoms with E-state index in [1.165, 1.54) is 21.8 Å². The Morgan fingerprint density at radius 1 is 0.952 bits per heavy atom. The zero-order valence-corrected chi connectivity index (χ0v) is 23.5. The van der Waals surface area contributed by atoms with E-state index in [0.717, 1.165) is 16.7 Å². The summed E-state index contributed by atoms with van der Waals surface area (Å²) in [6.07, 6.45) is 3.04. The van der Waals surface area contributed by atoms with E-state index < -0.39 is 0 Å². The number of amides is 1. The van der Waals surface area contributed by atoms with Crippen molar-refractivity contribution in [3.8, 4) is 16.9 Å². The molecule has 11 heteroatoms. The molecule has 0 spiro atoms. The molecule has 5 aromatic rings. The molecule has 2 aromatic carbocycles. The Hall–Kier alpha value is -5.16. The van der Waals surface area contributed by atoms with E-state index in [0.29, 0.717) is 60.0 Å². The summed E-state index contributed by atoms with van der Waals surface area (Å²) in [7, 11) is 1.58. The van der Waals surface area contributed by atoms with Gasteiger partial charge in [0.15, 0.2) is 0 Å². The number of hydrogen-bond acceptors (Lipinski definition) is 8. The van der Waals surface area contributed by atoms with Gasteiger partial charge >= 0.3 is 0 Å². The summed E-state index contributed by atoms with van der Waals surface area (Å²) in [6, 6.07) is 16.2. The van der Waals surface area contributed by atoms with E-state index in [9.17, 15) is 14.4 Å². The van der Waals surface area contributed by atoms with Crippen molar-refractivity contribution in [1.82, 2.24) is 29.2 Å². The molecule has 1 saturated heterocycles. The Labute approximate surface area is 241 Å². The molecule has 1 aliphatic heterocycles. The van der Waals surface area contributed by atoms with Crippen molar-refractivity contribution in [3.05, 3.63) is 105 Å². The van der Waals surface area contributed by atoms with Crippen LogP contribution in [0.3, 0.4) is 0 Å². The minimum absolute atomic E-state index is 0.106. The van der Waals surface area contributed by atoms with Gasteiger partial charge in [-0.3, -0.25) is 19.0 Å². The van der Waals surface area contributed by atoms with Crippen molar-refractivity contribution in [2.24, 2.45) is 7.05 Å². The van der Waals surface area contributed by atoms with Gasteiger partial charge in [0.2, 0.25) is 0 Å². The second-order valence-corrected chi connectivity index (χ2v) is 10.2. The van der Waals surface area contributed by atoms with Gasteiger partial charge in [0.25, 0.3) is 17.0 Å². The number of aryl methyl sites for hydroxylation is 2. The first-order chi connectivity index (χ1) is 20.3. The zero-order chi connectivity index (χ0) is 29.4. The molecule has 1 aliphatic rings. The van der Waals surface area contributed by atoms with Gasteiger partial charge in [0, 0.05) is 31.9 Å². The SMILES string of the molecule is Cc1ccc2c(=O)n(-c3cccc(-c4cc(Nc5ccc(C(=O)N6CCOCC6)cn5)c(=O)n(C)n4)c3C)cnc2c1. The lowest BCUT2D eigenvalue weighted by Crippen LogP contribution is -2.40. The first-order valence-electron chi connectivity index (χ1n) is 13.6. The van der Waals surface area contributed by atoms with E-state index in [1.807, 2.05) is 44.2 Å². The number of anilines is 2. The molecule has 1 amide bonds. The van der Waals surface area contributed by atoms with E-state index in [-0.39, 0.29) is 22.7 Å². The number of aromatic nitrogens is 5. The van der Waals surface area contributed by atoms with Crippen LogP contribution in [-0.4, -0.2) is 61.4 Å². The van der Waals surface area contributed by atoms with Crippen molar-refractivity contribution in [2.45, 2.75) is 13.8 Å². The van der Waals surface area contributed by atoms with Crippen molar-refractivity contribution >= 4 is 28.3 Å². The normalized spacial score (nSPS) is 13.4. The number of morpholine rings is 1. The number of fused-ring (bicyclic) bond motifs is 1. The van der Waals surface area contributed by atoms with Gasteiger partial charge in [0.05, 0.1) is 41.1 Å². The summed E-state index contributed by atoms with van der Waals surface area (Å²) in [5.74, 6) is 0.308. The second kappa shape index (κ2) is 11.0. The van der Waals surface area contributed by atoms with E-state index >= 15 is 0 Å². The minimum Gasteiger partial charge on any atom is -0.378 e. The van der Waals surface area contributed by atoms with Gasteiger partial charge in [0.1, 0.15) is 17.8 Å². The molecule has 1 N–H and O–H groups in total. The predicted octanol–water partition coefficient (Wildman–Crippen LogP) is 3.37. The number of hydrogen-bond donors (Lipinski definition) is 1. The molecule has 42 heavy (non-hydrogen) atoms. The van der Waals surface area contributed by atoms with Gasteiger partial charge in [-0.1, -0.05) is 18.2 Å². The third-order valence-corrected chi connectivity index (χ3v) is 7.39. The highest BCUT2D eigenvalue weighted by atomic mass is 16.5. The lowest BCUT2D eigenvalue weighted by molar-refractivity contribution is 0.0302. The van der Waals surface area contributed by atoms with Crippen LogP contribution >= 0.6 is 0 Å². The number of carbonyl (C=O) groups is 1. The van der Waals surface area contributed by atoms with Crippen LogP contribution in [0.4, 0.5) is 11.5 Å². The van der Waals surface area contributed by atoms with Gasteiger partial charge in [-0.2, -0.15) is 5.10 Å². The van der Waals surface area contributed by atoms with Crippen LogP contribution in [0.15, 0.2) is 76.7 Å². The molecular formula is C31H29N7O4. The highest BCUT2D eigenvalue weighted by Gasteiger charge is 2.19. The Balaban J connectivity index is 1.32.